The first kappa shape index (κ1) is 24.5. The molecule has 0 amide bonds. The summed E-state index contributed by atoms with van der Waals surface area (Å²) in [5.41, 5.74) is -2.41. The maximum Gasteiger partial charge on any atom is 0.145 e. The Hall–Kier alpha value is -1.12. The Labute approximate surface area is 198 Å². The fourth-order valence-electron chi connectivity index (χ4n) is 3.32. The minimum absolute atomic E-state index is 0. The molecular formula is C21H24IrN3O3P3. The quantitative estimate of drug-likeness (QED) is 0.268. The summed E-state index contributed by atoms with van der Waals surface area (Å²) in [7, 11) is 4.17. The van der Waals surface area contributed by atoms with Gasteiger partial charge in [0.2, 0.25) is 0 Å². The van der Waals surface area contributed by atoms with Gasteiger partial charge < -0.3 is 15.3 Å². The first-order chi connectivity index (χ1) is 14.1. The van der Waals surface area contributed by atoms with Crippen LogP contribution in [0.4, 0.5) is 0 Å². The second-order valence-electron chi connectivity index (χ2n) is 7.82. The van der Waals surface area contributed by atoms with Crippen LogP contribution in [0.15, 0.2) is 54.6 Å². The van der Waals surface area contributed by atoms with Gasteiger partial charge >= 0.3 is 0 Å². The number of nitrogens with zero attached hydrogens (tertiary/aromatic N) is 3. The summed E-state index contributed by atoms with van der Waals surface area (Å²) in [6.07, 6.45) is 0. The first-order valence-electron chi connectivity index (χ1n) is 9.49. The van der Waals surface area contributed by atoms with Crippen molar-refractivity contribution in [3.63, 3.8) is 0 Å². The Morgan fingerprint density at radius 2 is 0.710 bits per heavy atom. The molecule has 1 aliphatic heterocycles. The minimum atomic E-state index is -1.50. The molecule has 0 saturated carbocycles. The Bertz CT molecular complexity index is 959. The molecule has 165 valence electrons. The van der Waals surface area contributed by atoms with Gasteiger partial charge in [-0.05, 0) is 57.2 Å². The predicted molar refractivity (Wildman–Crippen MR) is 124 cm³/mol. The first-order valence-corrected chi connectivity index (χ1v) is 15.5. The number of fused-ring (bicyclic) bond motifs is 6. The molecule has 0 fully saturated rings. The standard InChI is InChI=1S/C21H21N3O3.Ir.H3P3/c1-19(25)13-7-4-9-15(22-13)20(2,26)17-11-6-12-18(24-17)21(3,27)16-10-5-8-14(19)23-16;;1-2-3-1/h4-12,25-27H,1-3H3;;1-3H. The Balaban J connectivity index is 0.000000628. The smallest absolute Gasteiger partial charge is 0.145 e. The van der Waals surface area contributed by atoms with Gasteiger partial charge in [-0.1, -0.05) is 40.8 Å². The molecule has 31 heavy (non-hydrogen) atoms. The zero-order chi connectivity index (χ0) is 21.6. The molecule has 3 N–H and O–H groups in total. The van der Waals surface area contributed by atoms with E-state index in [0.717, 1.165) is 0 Å². The molecule has 4 aromatic heterocycles. The van der Waals surface area contributed by atoms with Gasteiger partial charge in [-0.2, -0.15) is 0 Å². The van der Waals surface area contributed by atoms with Crippen molar-refractivity contribution in [2.45, 2.75) is 37.6 Å². The maximum absolute atomic E-state index is 11.2. The van der Waals surface area contributed by atoms with E-state index in [1.807, 2.05) is 0 Å². The van der Waals surface area contributed by atoms with E-state index in [0.29, 0.717) is 34.2 Å². The molecule has 1 radical (unpaired) electrons. The van der Waals surface area contributed by atoms with Gasteiger partial charge in [0.05, 0.1) is 34.2 Å². The van der Waals surface area contributed by atoms with Crippen LogP contribution in [0.3, 0.4) is 0 Å². The van der Waals surface area contributed by atoms with Gasteiger partial charge in [0.15, 0.2) is 0 Å². The normalized spacial score (nSPS) is 27.3. The molecule has 0 atom stereocenters. The van der Waals surface area contributed by atoms with Crippen LogP contribution in [0.1, 0.15) is 54.9 Å². The average Bonchev–Trinajstić information content (AvgIpc) is 3.63. The minimum Gasteiger partial charge on any atom is -0.377 e. The summed E-state index contributed by atoms with van der Waals surface area (Å²) >= 11 is 0. The zero-order valence-corrected chi connectivity index (χ0v) is 22.6. The van der Waals surface area contributed by atoms with Crippen molar-refractivity contribution in [1.29, 1.82) is 0 Å². The molecule has 0 aromatic carbocycles. The Morgan fingerprint density at radius 3 is 0.871 bits per heavy atom. The molecule has 6 bridgehead atoms. The summed E-state index contributed by atoms with van der Waals surface area (Å²) in [5, 5.41) is 33.6. The molecule has 4 aromatic rings. The van der Waals surface area contributed by atoms with E-state index in [4.69, 9.17) is 0 Å². The summed E-state index contributed by atoms with van der Waals surface area (Å²) in [5.74, 6) is 0. The van der Waals surface area contributed by atoms with Crippen LogP contribution in [0.5, 0.6) is 0 Å². The molecule has 1 aliphatic rings. The second-order valence-corrected chi connectivity index (χ2v) is 17.6. The largest absolute Gasteiger partial charge is 0.377 e. The zero-order valence-electron chi connectivity index (χ0n) is 17.2. The van der Waals surface area contributed by atoms with Gasteiger partial charge in [-0.15, -0.1) is 0 Å². The van der Waals surface area contributed by atoms with Crippen molar-refractivity contribution in [2.75, 3.05) is 0 Å². The molecule has 0 saturated heterocycles. The monoisotopic (exact) mass is 652 g/mol. The molecular weight excluding hydrogens is 627 g/mol. The van der Waals surface area contributed by atoms with Crippen LogP contribution >= 0.6 is 22.6 Å². The number of rotatable bonds is 0. The third-order valence-electron chi connectivity index (χ3n) is 5.36. The van der Waals surface area contributed by atoms with E-state index in [1.54, 1.807) is 75.4 Å². The number of aliphatic hydroxyl groups is 3. The summed E-state index contributed by atoms with van der Waals surface area (Å²) in [6.45, 7) is 4.79. The Kier molecular flexibility index (Phi) is 7.14. The third kappa shape index (κ3) is 4.81. The fraction of sp³-hybridized carbons (Fsp3) is 0.286. The van der Waals surface area contributed by atoms with E-state index >= 15 is 0 Å². The van der Waals surface area contributed by atoms with Crippen molar-refractivity contribution in [3.8, 4) is 0 Å². The number of aromatic nitrogens is 3. The predicted octanol–water partition coefficient (Wildman–Crippen LogP) is 3.73. The van der Waals surface area contributed by atoms with Crippen molar-refractivity contribution in [3.05, 3.63) is 88.8 Å². The summed E-state index contributed by atoms with van der Waals surface area (Å²) in [4.78, 5) is 13.5. The van der Waals surface area contributed by atoms with Crippen molar-refractivity contribution < 1.29 is 35.4 Å². The number of pyridine rings is 3. The van der Waals surface area contributed by atoms with Crippen LogP contribution in [0.2, 0.25) is 0 Å². The number of hydrogen-bond donors (Lipinski definition) is 3. The Morgan fingerprint density at radius 1 is 0.516 bits per heavy atom. The summed E-state index contributed by atoms with van der Waals surface area (Å²) in [6, 6.07) is 15.3. The van der Waals surface area contributed by atoms with Gasteiger partial charge in [-0.3, -0.25) is 15.0 Å². The van der Waals surface area contributed by atoms with E-state index in [2.05, 4.69) is 15.0 Å². The van der Waals surface area contributed by atoms with Crippen LogP contribution in [-0.4, -0.2) is 30.3 Å². The average molecular weight is 652 g/mol. The van der Waals surface area contributed by atoms with Crippen molar-refractivity contribution >= 4 is 22.6 Å². The number of hydrogen-bond acceptors (Lipinski definition) is 6. The van der Waals surface area contributed by atoms with E-state index in [1.165, 1.54) is 22.6 Å². The topological polar surface area (TPSA) is 99.4 Å². The molecule has 0 spiro atoms. The second kappa shape index (κ2) is 9.02. The van der Waals surface area contributed by atoms with E-state index < -0.39 is 16.8 Å². The van der Waals surface area contributed by atoms with Gasteiger partial charge in [0, 0.05) is 20.1 Å². The van der Waals surface area contributed by atoms with Crippen LogP contribution in [0, 0.1) is 0 Å². The van der Waals surface area contributed by atoms with Crippen LogP contribution in [-0.2, 0) is 36.9 Å². The van der Waals surface area contributed by atoms with Crippen molar-refractivity contribution in [1.82, 2.24) is 15.0 Å². The van der Waals surface area contributed by atoms with Gasteiger partial charge in [0.25, 0.3) is 0 Å². The van der Waals surface area contributed by atoms with Crippen molar-refractivity contribution in [2.24, 2.45) is 0 Å². The van der Waals surface area contributed by atoms with E-state index in [-0.39, 0.29) is 20.1 Å². The molecule has 5 heterocycles. The van der Waals surface area contributed by atoms with Gasteiger partial charge in [0.1, 0.15) is 16.8 Å². The van der Waals surface area contributed by atoms with Crippen LogP contribution in [0.25, 0.3) is 0 Å². The molecule has 0 aliphatic carbocycles. The van der Waals surface area contributed by atoms with Crippen LogP contribution < -0.4 is 0 Å². The molecule has 0 unspecified atom stereocenters. The third-order valence-corrected chi connectivity index (χ3v) is 8.61. The maximum atomic E-state index is 11.2. The van der Waals surface area contributed by atoms with Gasteiger partial charge in [-0.25, -0.2) is 0 Å². The molecule has 5 rings (SSSR count). The fourth-order valence-corrected chi connectivity index (χ4v) is 3.32. The summed E-state index contributed by atoms with van der Waals surface area (Å²) < 4.78 is 0. The SMILES string of the molecule is CC1(O)c2cccc(n2)C(C)(O)c2cccc(n2)C(C)(O)c2cccc1n2.[Ir].[pH]1[pH][pH]1. The molecule has 6 nitrogen and oxygen atoms in total. The van der Waals surface area contributed by atoms with E-state index in [9.17, 15) is 15.3 Å². The molecule has 10 heteroatoms.